The Morgan fingerprint density at radius 2 is 2.20 bits per heavy atom. The van der Waals surface area contributed by atoms with Crippen molar-refractivity contribution in [3.05, 3.63) is 0 Å². The molecule has 2 fully saturated rings. The summed E-state index contributed by atoms with van der Waals surface area (Å²) in [5, 5.41) is 0. The number of likely N-dealkylation sites (tertiary alicyclic amines) is 1. The molecule has 2 unspecified atom stereocenters. The third-order valence-corrected chi connectivity index (χ3v) is 3.86. The molecule has 1 aliphatic heterocycles. The average molecular weight is 211 g/mol. The van der Waals surface area contributed by atoms with Crippen LogP contribution in [-0.4, -0.2) is 37.1 Å². The second-order valence-electron chi connectivity index (χ2n) is 5.64. The SMILES string of the molecule is COC(=O)C(C)(C)CN1CC2CCC1C2. The van der Waals surface area contributed by atoms with Gasteiger partial charge in [0.15, 0.2) is 0 Å². The van der Waals surface area contributed by atoms with Crippen LogP contribution in [0, 0.1) is 11.3 Å². The van der Waals surface area contributed by atoms with Gasteiger partial charge in [-0.2, -0.15) is 0 Å². The number of methoxy groups -OCH3 is 1. The molecule has 1 saturated heterocycles. The molecule has 2 bridgehead atoms. The van der Waals surface area contributed by atoms with Gasteiger partial charge in [0.25, 0.3) is 0 Å². The van der Waals surface area contributed by atoms with Crippen LogP contribution in [0.1, 0.15) is 33.1 Å². The van der Waals surface area contributed by atoms with E-state index < -0.39 is 0 Å². The number of hydrogen-bond donors (Lipinski definition) is 0. The number of rotatable bonds is 3. The normalized spacial score (nSPS) is 30.9. The van der Waals surface area contributed by atoms with Gasteiger partial charge in [0.05, 0.1) is 12.5 Å². The maximum Gasteiger partial charge on any atom is 0.312 e. The van der Waals surface area contributed by atoms with E-state index in [4.69, 9.17) is 4.74 Å². The number of carbonyl (C=O) groups is 1. The lowest BCUT2D eigenvalue weighted by atomic mass is 9.92. The first-order valence-electron chi connectivity index (χ1n) is 5.85. The summed E-state index contributed by atoms with van der Waals surface area (Å²) in [6.45, 7) is 5.99. The first-order chi connectivity index (χ1) is 7.03. The van der Waals surface area contributed by atoms with E-state index in [1.165, 1.54) is 32.9 Å². The Balaban J connectivity index is 1.94. The molecular formula is C12H21NO2. The summed E-state index contributed by atoms with van der Waals surface area (Å²) in [5.74, 6) is 0.800. The third kappa shape index (κ3) is 2.03. The summed E-state index contributed by atoms with van der Waals surface area (Å²) in [5.41, 5.74) is -0.362. The fourth-order valence-corrected chi connectivity index (χ4v) is 3.07. The van der Waals surface area contributed by atoms with Gasteiger partial charge >= 0.3 is 5.97 Å². The van der Waals surface area contributed by atoms with E-state index >= 15 is 0 Å². The second-order valence-corrected chi connectivity index (χ2v) is 5.64. The standard InChI is InChI=1S/C12H21NO2/c1-12(2,11(14)15-3)8-13-7-9-4-5-10(13)6-9/h9-10H,4-8H2,1-3H3. The lowest BCUT2D eigenvalue weighted by molar-refractivity contribution is -0.152. The molecule has 2 atom stereocenters. The molecule has 0 amide bonds. The van der Waals surface area contributed by atoms with E-state index in [0.717, 1.165) is 18.5 Å². The Kier molecular flexibility index (Phi) is 2.75. The number of carbonyl (C=O) groups excluding carboxylic acids is 1. The fourth-order valence-electron chi connectivity index (χ4n) is 3.07. The zero-order valence-corrected chi connectivity index (χ0v) is 9.95. The van der Waals surface area contributed by atoms with Crippen molar-refractivity contribution in [1.82, 2.24) is 4.90 Å². The molecule has 2 rings (SSSR count). The maximum absolute atomic E-state index is 11.6. The topological polar surface area (TPSA) is 29.5 Å². The number of esters is 1. The van der Waals surface area contributed by atoms with Crippen molar-refractivity contribution >= 4 is 5.97 Å². The molecule has 0 spiro atoms. The minimum Gasteiger partial charge on any atom is -0.469 e. The molecule has 0 N–H and O–H groups in total. The van der Waals surface area contributed by atoms with E-state index in [2.05, 4.69) is 4.90 Å². The van der Waals surface area contributed by atoms with Crippen molar-refractivity contribution in [2.75, 3.05) is 20.2 Å². The van der Waals surface area contributed by atoms with Crippen LogP contribution in [0.25, 0.3) is 0 Å². The largest absolute Gasteiger partial charge is 0.469 e. The van der Waals surface area contributed by atoms with Gasteiger partial charge in [-0.05, 0) is 39.0 Å². The number of piperidine rings is 1. The van der Waals surface area contributed by atoms with Gasteiger partial charge in [0.1, 0.15) is 0 Å². The molecule has 15 heavy (non-hydrogen) atoms. The molecule has 3 nitrogen and oxygen atoms in total. The van der Waals surface area contributed by atoms with Crippen molar-refractivity contribution in [1.29, 1.82) is 0 Å². The van der Waals surface area contributed by atoms with Crippen LogP contribution in [0.5, 0.6) is 0 Å². The summed E-state index contributed by atoms with van der Waals surface area (Å²) >= 11 is 0. The molecule has 0 aromatic heterocycles. The van der Waals surface area contributed by atoms with Crippen LogP contribution in [0.2, 0.25) is 0 Å². The van der Waals surface area contributed by atoms with Crippen LogP contribution in [0.15, 0.2) is 0 Å². The number of hydrogen-bond acceptors (Lipinski definition) is 3. The van der Waals surface area contributed by atoms with E-state index in [1.807, 2.05) is 13.8 Å². The highest BCUT2D eigenvalue weighted by molar-refractivity contribution is 5.76. The van der Waals surface area contributed by atoms with E-state index in [0.29, 0.717) is 0 Å². The molecular weight excluding hydrogens is 190 g/mol. The zero-order valence-electron chi connectivity index (χ0n) is 9.95. The first-order valence-corrected chi connectivity index (χ1v) is 5.85. The minimum atomic E-state index is -0.362. The first kappa shape index (κ1) is 10.9. The van der Waals surface area contributed by atoms with Crippen LogP contribution in [0.3, 0.4) is 0 Å². The van der Waals surface area contributed by atoms with Crippen molar-refractivity contribution in [2.24, 2.45) is 11.3 Å². The van der Waals surface area contributed by atoms with Gasteiger partial charge in [-0.1, -0.05) is 0 Å². The van der Waals surface area contributed by atoms with Crippen LogP contribution >= 0.6 is 0 Å². The molecule has 0 aromatic carbocycles. The Labute approximate surface area is 91.8 Å². The lowest BCUT2D eigenvalue weighted by Gasteiger charge is -2.33. The zero-order chi connectivity index (χ0) is 11.1. The molecule has 1 aliphatic carbocycles. The predicted molar refractivity (Wildman–Crippen MR) is 58.5 cm³/mol. The van der Waals surface area contributed by atoms with Crippen LogP contribution in [-0.2, 0) is 9.53 Å². The van der Waals surface area contributed by atoms with Crippen molar-refractivity contribution in [3.8, 4) is 0 Å². The molecule has 1 saturated carbocycles. The van der Waals surface area contributed by atoms with Gasteiger partial charge in [0.2, 0.25) is 0 Å². The number of nitrogens with zero attached hydrogens (tertiary/aromatic N) is 1. The summed E-state index contributed by atoms with van der Waals surface area (Å²) < 4.78 is 4.84. The Morgan fingerprint density at radius 3 is 2.67 bits per heavy atom. The maximum atomic E-state index is 11.6. The summed E-state index contributed by atoms with van der Waals surface area (Å²) in [6, 6.07) is 0.735. The van der Waals surface area contributed by atoms with Gasteiger partial charge in [0, 0.05) is 19.1 Å². The summed E-state index contributed by atoms with van der Waals surface area (Å²) in [6.07, 6.45) is 4.05. The highest BCUT2D eigenvalue weighted by Gasteiger charge is 2.41. The molecule has 86 valence electrons. The smallest absolute Gasteiger partial charge is 0.312 e. The monoisotopic (exact) mass is 211 g/mol. The van der Waals surface area contributed by atoms with Crippen molar-refractivity contribution < 1.29 is 9.53 Å². The number of ether oxygens (including phenoxy) is 1. The minimum absolute atomic E-state index is 0.0923. The summed E-state index contributed by atoms with van der Waals surface area (Å²) in [7, 11) is 1.47. The van der Waals surface area contributed by atoms with E-state index in [9.17, 15) is 4.79 Å². The predicted octanol–water partition coefficient (Wildman–Crippen LogP) is 1.67. The second kappa shape index (κ2) is 3.78. The quantitative estimate of drug-likeness (QED) is 0.665. The van der Waals surface area contributed by atoms with E-state index in [1.54, 1.807) is 0 Å². The molecule has 0 radical (unpaired) electrons. The van der Waals surface area contributed by atoms with Gasteiger partial charge in [-0.25, -0.2) is 0 Å². The molecule has 2 aliphatic rings. The lowest BCUT2D eigenvalue weighted by Crippen LogP contribution is -2.43. The molecule has 3 heteroatoms. The Hall–Kier alpha value is -0.570. The molecule has 1 heterocycles. The van der Waals surface area contributed by atoms with Crippen LogP contribution in [0.4, 0.5) is 0 Å². The third-order valence-electron chi connectivity index (χ3n) is 3.86. The highest BCUT2D eigenvalue weighted by atomic mass is 16.5. The van der Waals surface area contributed by atoms with Crippen molar-refractivity contribution in [2.45, 2.75) is 39.2 Å². The van der Waals surface area contributed by atoms with Gasteiger partial charge in [-0.3, -0.25) is 9.69 Å². The summed E-state index contributed by atoms with van der Waals surface area (Å²) in [4.78, 5) is 14.1. The van der Waals surface area contributed by atoms with Crippen LogP contribution < -0.4 is 0 Å². The van der Waals surface area contributed by atoms with Crippen molar-refractivity contribution in [3.63, 3.8) is 0 Å². The van der Waals surface area contributed by atoms with E-state index in [-0.39, 0.29) is 11.4 Å². The van der Waals surface area contributed by atoms with Gasteiger partial charge < -0.3 is 4.74 Å². The Morgan fingerprint density at radius 1 is 1.47 bits per heavy atom. The molecule has 0 aromatic rings. The fraction of sp³-hybridized carbons (Fsp3) is 0.917. The Bertz CT molecular complexity index is 262. The van der Waals surface area contributed by atoms with Gasteiger partial charge in [-0.15, -0.1) is 0 Å². The number of fused-ring (bicyclic) bond motifs is 2. The average Bonchev–Trinajstić information content (AvgIpc) is 2.77. The highest BCUT2D eigenvalue weighted by Crippen LogP contribution is 2.38.